The van der Waals surface area contributed by atoms with Crippen molar-refractivity contribution in [2.24, 2.45) is 0 Å². The van der Waals surface area contributed by atoms with E-state index in [0.29, 0.717) is 0 Å². The van der Waals surface area contributed by atoms with E-state index in [1.165, 1.54) is 98.4 Å². The highest BCUT2D eigenvalue weighted by atomic mass is 32.2. The molecule has 11 aromatic rings. The summed E-state index contributed by atoms with van der Waals surface area (Å²) in [6.07, 6.45) is 0. The monoisotopic (exact) mass is 872 g/mol. The van der Waals surface area contributed by atoms with Gasteiger partial charge in [0, 0.05) is 48.6 Å². The minimum Gasteiger partial charge on any atom is -0.310 e. The SMILES string of the molecule is CC1(C)c2ccccc2-c2ccc(N(c3ccc(-n4c5ccccc5c5c6c(ccc54)C4(c5ccccc5S6)c5ccccc5-c5ccccc54)cc3)c3ccccc3-c3ccccc3)cc21. The highest BCUT2D eigenvalue weighted by Crippen LogP contribution is 2.63. The van der Waals surface area contributed by atoms with Gasteiger partial charge in [0.2, 0.25) is 0 Å². The molecule has 0 saturated heterocycles. The second-order valence-corrected chi connectivity index (χ2v) is 19.8. The van der Waals surface area contributed by atoms with Crippen molar-refractivity contribution in [1.82, 2.24) is 4.57 Å². The number of anilines is 3. The topological polar surface area (TPSA) is 8.17 Å². The summed E-state index contributed by atoms with van der Waals surface area (Å²) in [5.41, 5.74) is 22.2. The zero-order valence-corrected chi connectivity index (χ0v) is 38.1. The molecule has 0 radical (unpaired) electrons. The Bertz CT molecular complexity index is 3770. The molecule has 1 aromatic heterocycles. The van der Waals surface area contributed by atoms with Gasteiger partial charge in [0.25, 0.3) is 0 Å². The van der Waals surface area contributed by atoms with Gasteiger partial charge >= 0.3 is 0 Å². The van der Waals surface area contributed by atoms with Crippen LogP contribution in [0.3, 0.4) is 0 Å². The third kappa shape index (κ3) is 5.29. The van der Waals surface area contributed by atoms with Gasteiger partial charge < -0.3 is 9.47 Å². The Morgan fingerprint density at radius 3 is 1.72 bits per heavy atom. The van der Waals surface area contributed by atoms with Crippen LogP contribution in [0.4, 0.5) is 17.1 Å². The van der Waals surface area contributed by atoms with Crippen LogP contribution in [0.2, 0.25) is 0 Å². The van der Waals surface area contributed by atoms with Gasteiger partial charge in [0.1, 0.15) is 0 Å². The number of aromatic nitrogens is 1. The summed E-state index contributed by atoms with van der Waals surface area (Å²) in [6.45, 7) is 4.73. The molecule has 1 aliphatic heterocycles. The minimum absolute atomic E-state index is 0.128. The van der Waals surface area contributed by atoms with Crippen LogP contribution in [0.15, 0.2) is 240 Å². The van der Waals surface area contributed by atoms with Gasteiger partial charge in [-0.15, -0.1) is 0 Å². The van der Waals surface area contributed by atoms with Gasteiger partial charge in [-0.2, -0.15) is 0 Å². The summed E-state index contributed by atoms with van der Waals surface area (Å²) in [7, 11) is 0. The lowest BCUT2D eigenvalue weighted by Crippen LogP contribution is -2.32. The van der Waals surface area contributed by atoms with Gasteiger partial charge in [-0.1, -0.05) is 195 Å². The third-order valence-corrected chi connectivity index (χ3v) is 16.3. The number of benzene rings is 10. The first-order valence-electron chi connectivity index (χ1n) is 23.3. The number of fused-ring (bicyclic) bond motifs is 16. The molecular weight excluding hydrogens is 829 g/mol. The van der Waals surface area contributed by atoms with Crippen molar-refractivity contribution in [3.63, 3.8) is 0 Å². The van der Waals surface area contributed by atoms with Crippen molar-refractivity contribution in [3.8, 4) is 39.1 Å². The van der Waals surface area contributed by atoms with E-state index < -0.39 is 5.41 Å². The van der Waals surface area contributed by atoms with Crippen molar-refractivity contribution >= 4 is 50.6 Å². The molecule has 0 amide bonds. The van der Waals surface area contributed by atoms with Crippen LogP contribution in [0.1, 0.15) is 47.2 Å². The minimum atomic E-state index is -0.432. The van der Waals surface area contributed by atoms with Crippen molar-refractivity contribution in [3.05, 3.63) is 264 Å². The van der Waals surface area contributed by atoms with Crippen LogP contribution in [-0.4, -0.2) is 4.57 Å². The fraction of sp³-hybridized carbons (Fsp3) is 0.0625. The molecule has 1 spiro atoms. The van der Waals surface area contributed by atoms with E-state index in [1.807, 2.05) is 11.8 Å². The molecular formula is C64H44N2S. The molecule has 0 N–H and O–H groups in total. The number of nitrogens with zero attached hydrogens (tertiary/aromatic N) is 2. The molecule has 2 aliphatic carbocycles. The van der Waals surface area contributed by atoms with Gasteiger partial charge in [0.15, 0.2) is 0 Å². The molecule has 0 atom stereocenters. The lowest BCUT2D eigenvalue weighted by molar-refractivity contribution is 0.660. The largest absolute Gasteiger partial charge is 0.310 e. The Morgan fingerprint density at radius 2 is 0.970 bits per heavy atom. The average Bonchev–Trinajstić information content (AvgIpc) is 3.96. The summed E-state index contributed by atoms with van der Waals surface area (Å²) in [5, 5.41) is 2.57. The third-order valence-electron chi connectivity index (χ3n) is 15.1. The predicted octanol–water partition coefficient (Wildman–Crippen LogP) is 17.1. The van der Waals surface area contributed by atoms with Gasteiger partial charge in [-0.3, -0.25) is 0 Å². The van der Waals surface area contributed by atoms with Gasteiger partial charge in [-0.25, -0.2) is 0 Å². The van der Waals surface area contributed by atoms with Crippen LogP contribution in [-0.2, 0) is 10.8 Å². The van der Waals surface area contributed by atoms with Crippen molar-refractivity contribution in [1.29, 1.82) is 0 Å². The molecule has 0 unspecified atom stereocenters. The van der Waals surface area contributed by atoms with Crippen LogP contribution in [0.5, 0.6) is 0 Å². The molecule has 2 nitrogen and oxygen atoms in total. The molecule has 67 heavy (non-hydrogen) atoms. The Hall–Kier alpha value is -7.85. The number of hydrogen-bond donors (Lipinski definition) is 0. The highest BCUT2D eigenvalue weighted by molar-refractivity contribution is 7.99. The molecule has 3 aliphatic rings. The summed E-state index contributed by atoms with van der Waals surface area (Å²) >= 11 is 1.93. The quantitative estimate of drug-likeness (QED) is 0.170. The Morgan fingerprint density at radius 1 is 0.403 bits per heavy atom. The van der Waals surface area contributed by atoms with E-state index in [1.54, 1.807) is 0 Å². The molecule has 0 fully saturated rings. The standard InChI is InChI=1S/C64H44N2S/c1-63(2)51-25-11-6-21-46(51)49-37-36-44(40-56(49)63)65(57-29-15-9-20-45(57)41-18-4-3-5-19-41)42-32-34-43(35-33-42)66-58-30-16-10-24-50(58)61-59(66)39-38-55-62(61)67-60-31-17-14-28-54(60)64(55)52-26-12-7-22-47(52)48-23-8-13-27-53(48)64/h3-40H,1-2H3. The van der Waals surface area contributed by atoms with Crippen LogP contribution in [0, 0.1) is 0 Å². The van der Waals surface area contributed by atoms with Gasteiger partial charge in [-0.05, 0) is 122 Å². The molecule has 3 heteroatoms. The summed E-state index contributed by atoms with van der Waals surface area (Å²) in [4.78, 5) is 5.10. The molecule has 14 rings (SSSR count). The fourth-order valence-corrected chi connectivity index (χ4v) is 13.5. The first-order valence-corrected chi connectivity index (χ1v) is 24.2. The number of hydrogen-bond acceptors (Lipinski definition) is 2. The fourth-order valence-electron chi connectivity index (χ4n) is 12.2. The Balaban J connectivity index is 0.963. The normalized spacial score (nSPS) is 14.3. The molecule has 2 heterocycles. The van der Waals surface area contributed by atoms with Crippen molar-refractivity contribution < 1.29 is 0 Å². The van der Waals surface area contributed by atoms with Gasteiger partial charge in [0.05, 0.1) is 22.1 Å². The van der Waals surface area contributed by atoms with Crippen molar-refractivity contribution in [2.75, 3.05) is 4.90 Å². The summed E-state index contributed by atoms with van der Waals surface area (Å²) in [5.74, 6) is 0. The maximum absolute atomic E-state index is 2.48. The Labute approximate surface area is 395 Å². The second-order valence-electron chi connectivity index (χ2n) is 18.8. The first kappa shape index (κ1) is 38.4. The zero-order chi connectivity index (χ0) is 44.4. The highest BCUT2D eigenvalue weighted by Gasteiger charge is 2.50. The number of para-hydroxylation sites is 2. The first-order chi connectivity index (χ1) is 33.0. The van der Waals surface area contributed by atoms with Crippen LogP contribution >= 0.6 is 11.8 Å². The summed E-state index contributed by atoms with van der Waals surface area (Å²) in [6, 6.07) is 86.0. The summed E-state index contributed by atoms with van der Waals surface area (Å²) < 4.78 is 2.48. The van der Waals surface area contributed by atoms with E-state index in [-0.39, 0.29) is 5.41 Å². The van der Waals surface area contributed by atoms with Crippen LogP contribution in [0.25, 0.3) is 60.9 Å². The maximum atomic E-state index is 2.48. The van der Waals surface area contributed by atoms with E-state index in [2.05, 4.69) is 254 Å². The average molecular weight is 873 g/mol. The maximum Gasteiger partial charge on any atom is 0.0735 e. The van der Waals surface area contributed by atoms with Crippen LogP contribution < -0.4 is 4.90 Å². The van der Waals surface area contributed by atoms with Crippen molar-refractivity contribution in [2.45, 2.75) is 34.5 Å². The Kier molecular flexibility index (Phi) is 8.21. The second kappa shape index (κ2) is 14.3. The van der Waals surface area contributed by atoms with E-state index in [0.717, 1.165) is 22.7 Å². The molecule has 0 bridgehead atoms. The molecule has 0 saturated carbocycles. The number of rotatable bonds is 5. The molecule has 316 valence electrons. The van der Waals surface area contributed by atoms with E-state index in [4.69, 9.17) is 0 Å². The lowest BCUT2D eigenvalue weighted by Gasteiger charge is -2.40. The van der Waals surface area contributed by atoms with E-state index in [9.17, 15) is 0 Å². The smallest absolute Gasteiger partial charge is 0.0735 e. The zero-order valence-electron chi connectivity index (χ0n) is 37.2. The van der Waals surface area contributed by atoms with E-state index >= 15 is 0 Å². The predicted molar refractivity (Wildman–Crippen MR) is 280 cm³/mol. The lowest BCUT2D eigenvalue weighted by atomic mass is 9.67. The molecule has 10 aromatic carbocycles.